The highest BCUT2D eigenvalue weighted by atomic mass is 35.5. The maximum Gasteiger partial charge on any atom is 0.416 e. The van der Waals surface area contributed by atoms with Crippen LogP contribution in [0.25, 0.3) is 0 Å². The molecule has 8 heteroatoms. The van der Waals surface area contributed by atoms with Crippen LogP contribution in [0.15, 0.2) is 18.2 Å². The van der Waals surface area contributed by atoms with E-state index in [0.717, 1.165) is 4.90 Å². The zero-order chi connectivity index (χ0) is 14.6. The largest absolute Gasteiger partial charge is 0.416 e. The molecular formula is C12H15ClF4N2O. The first-order valence-electron chi connectivity index (χ1n) is 5.54. The minimum absolute atomic E-state index is 0. The van der Waals surface area contributed by atoms with Crippen LogP contribution in [0.3, 0.4) is 0 Å². The highest BCUT2D eigenvalue weighted by molar-refractivity contribution is 5.94. The number of nitrogens with zero attached hydrogens (tertiary/aromatic N) is 1. The lowest BCUT2D eigenvalue weighted by Crippen LogP contribution is -2.33. The summed E-state index contributed by atoms with van der Waals surface area (Å²) >= 11 is 0. The molecule has 0 saturated carbocycles. The lowest BCUT2D eigenvalue weighted by Gasteiger charge is -2.18. The first-order chi connectivity index (χ1) is 8.77. The molecular weight excluding hydrogens is 300 g/mol. The van der Waals surface area contributed by atoms with Gasteiger partial charge in [-0.15, -0.1) is 12.4 Å². The molecule has 1 aromatic carbocycles. The van der Waals surface area contributed by atoms with Gasteiger partial charge >= 0.3 is 6.18 Å². The highest BCUT2D eigenvalue weighted by Gasteiger charge is 2.32. The first kappa shape index (κ1) is 18.7. The number of hydrogen-bond acceptors (Lipinski definition) is 2. The number of likely N-dealkylation sites (N-methyl/N-ethyl adjacent to an activating group) is 2. The maximum absolute atomic E-state index is 13.5. The molecule has 1 rings (SSSR count). The Morgan fingerprint density at radius 2 is 1.95 bits per heavy atom. The van der Waals surface area contributed by atoms with Crippen molar-refractivity contribution >= 4 is 18.3 Å². The van der Waals surface area contributed by atoms with E-state index < -0.39 is 29.0 Å². The van der Waals surface area contributed by atoms with E-state index in [2.05, 4.69) is 5.32 Å². The summed E-state index contributed by atoms with van der Waals surface area (Å²) in [6, 6.07) is 1.80. The monoisotopic (exact) mass is 314 g/mol. The van der Waals surface area contributed by atoms with Crippen molar-refractivity contribution < 1.29 is 22.4 Å². The molecule has 3 nitrogen and oxygen atoms in total. The van der Waals surface area contributed by atoms with Crippen molar-refractivity contribution in [1.82, 2.24) is 10.2 Å². The van der Waals surface area contributed by atoms with Gasteiger partial charge in [-0.25, -0.2) is 4.39 Å². The summed E-state index contributed by atoms with van der Waals surface area (Å²) in [5, 5.41) is 2.79. The molecule has 1 aromatic rings. The third-order valence-electron chi connectivity index (χ3n) is 2.57. The van der Waals surface area contributed by atoms with Crippen molar-refractivity contribution in [2.75, 3.05) is 27.2 Å². The summed E-state index contributed by atoms with van der Waals surface area (Å²) in [6.07, 6.45) is -4.60. The summed E-state index contributed by atoms with van der Waals surface area (Å²) in [5.41, 5.74) is -1.62. The van der Waals surface area contributed by atoms with E-state index in [1.54, 1.807) is 7.05 Å². The Balaban J connectivity index is 0.00000361. The topological polar surface area (TPSA) is 32.3 Å². The van der Waals surface area contributed by atoms with Gasteiger partial charge in [0.1, 0.15) is 5.82 Å². The summed E-state index contributed by atoms with van der Waals surface area (Å²) < 4.78 is 51.0. The molecule has 0 aliphatic rings. The average molecular weight is 315 g/mol. The van der Waals surface area contributed by atoms with Crippen molar-refractivity contribution in [2.45, 2.75) is 6.18 Å². The van der Waals surface area contributed by atoms with Crippen molar-refractivity contribution in [1.29, 1.82) is 0 Å². The van der Waals surface area contributed by atoms with Gasteiger partial charge in [0, 0.05) is 20.1 Å². The Labute approximate surface area is 120 Å². The second kappa shape index (κ2) is 7.44. The fourth-order valence-electron chi connectivity index (χ4n) is 1.45. The van der Waals surface area contributed by atoms with E-state index in [0.29, 0.717) is 24.7 Å². The number of benzene rings is 1. The number of amides is 1. The van der Waals surface area contributed by atoms with Crippen LogP contribution in [0.2, 0.25) is 0 Å². The zero-order valence-electron chi connectivity index (χ0n) is 10.9. The van der Waals surface area contributed by atoms with Gasteiger partial charge in [-0.2, -0.15) is 13.2 Å². The van der Waals surface area contributed by atoms with E-state index in [9.17, 15) is 22.4 Å². The molecule has 0 aliphatic heterocycles. The Bertz CT molecular complexity index is 465. The van der Waals surface area contributed by atoms with Gasteiger partial charge in [0.15, 0.2) is 0 Å². The molecule has 0 spiro atoms. The van der Waals surface area contributed by atoms with Gasteiger partial charge in [0.25, 0.3) is 5.91 Å². The van der Waals surface area contributed by atoms with Crippen LogP contribution in [-0.4, -0.2) is 38.0 Å². The van der Waals surface area contributed by atoms with E-state index in [1.165, 1.54) is 7.05 Å². The van der Waals surface area contributed by atoms with Crippen molar-refractivity contribution in [3.8, 4) is 0 Å². The van der Waals surface area contributed by atoms with E-state index in [4.69, 9.17) is 0 Å². The summed E-state index contributed by atoms with van der Waals surface area (Å²) in [6.45, 7) is 0.730. The fraction of sp³-hybridized carbons (Fsp3) is 0.417. The van der Waals surface area contributed by atoms with Gasteiger partial charge in [0.2, 0.25) is 0 Å². The number of halogens is 5. The van der Waals surface area contributed by atoms with Gasteiger partial charge in [-0.05, 0) is 25.2 Å². The van der Waals surface area contributed by atoms with Gasteiger partial charge in [0.05, 0.1) is 11.1 Å². The van der Waals surface area contributed by atoms with Crippen LogP contribution in [0.4, 0.5) is 17.6 Å². The molecule has 0 saturated heterocycles. The van der Waals surface area contributed by atoms with Crippen molar-refractivity contribution in [3.63, 3.8) is 0 Å². The molecule has 20 heavy (non-hydrogen) atoms. The third kappa shape index (κ3) is 4.64. The number of carbonyl (C=O) groups is 1. The second-order valence-corrected chi connectivity index (χ2v) is 4.02. The molecule has 0 unspecified atom stereocenters. The van der Waals surface area contributed by atoms with Crippen LogP contribution in [0.1, 0.15) is 15.9 Å². The first-order valence-corrected chi connectivity index (χ1v) is 5.54. The molecule has 0 heterocycles. The highest BCUT2D eigenvalue weighted by Crippen LogP contribution is 2.30. The van der Waals surface area contributed by atoms with Crippen LogP contribution < -0.4 is 5.32 Å². The second-order valence-electron chi connectivity index (χ2n) is 4.02. The average Bonchev–Trinajstić information content (AvgIpc) is 2.34. The SMILES string of the molecule is CNCCN(C)C(=O)c1cc(C(F)(F)F)ccc1F.Cl. The normalized spacial score (nSPS) is 10.9. The summed E-state index contributed by atoms with van der Waals surface area (Å²) in [5.74, 6) is -1.74. The maximum atomic E-state index is 13.5. The molecule has 0 fully saturated rings. The molecule has 0 atom stereocenters. The number of nitrogens with one attached hydrogen (secondary N) is 1. The predicted octanol–water partition coefficient (Wildman–Crippen LogP) is 2.56. The molecule has 0 aromatic heterocycles. The van der Waals surface area contributed by atoms with Gasteiger partial charge < -0.3 is 10.2 Å². The van der Waals surface area contributed by atoms with Crippen molar-refractivity contribution in [2.24, 2.45) is 0 Å². The number of alkyl halides is 3. The van der Waals surface area contributed by atoms with Crippen LogP contribution in [0.5, 0.6) is 0 Å². The quantitative estimate of drug-likeness (QED) is 0.866. The number of rotatable bonds is 4. The Hall–Kier alpha value is -1.34. The van der Waals surface area contributed by atoms with Crippen LogP contribution in [0, 0.1) is 5.82 Å². The lowest BCUT2D eigenvalue weighted by atomic mass is 10.1. The van der Waals surface area contributed by atoms with E-state index in [1.807, 2.05) is 0 Å². The van der Waals surface area contributed by atoms with E-state index in [-0.39, 0.29) is 19.0 Å². The lowest BCUT2D eigenvalue weighted by molar-refractivity contribution is -0.137. The predicted molar refractivity (Wildman–Crippen MR) is 69.5 cm³/mol. The Morgan fingerprint density at radius 1 is 1.35 bits per heavy atom. The number of hydrogen-bond donors (Lipinski definition) is 1. The minimum Gasteiger partial charge on any atom is -0.340 e. The molecule has 1 amide bonds. The molecule has 114 valence electrons. The fourth-order valence-corrected chi connectivity index (χ4v) is 1.45. The molecule has 1 N–H and O–H groups in total. The Kier molecular flexibility index (Phi) is 6.95. The Morgan fingerprint density at radius 3 is 2.45 bits per heavy atom. The molecule has 0 radical (unpaired) electrons. The summed E-state index contributed by atoms with van der Waals surface area (Å²) in [4.78, 5) is 13.0. The third-order valence-corrected chi connectivity index (χ3v) is 2.57. The number of carbonyl (C=O) groups excluding carboxylic acids is 1. The standard InChI is InChI=1S/C12H14F4N2O.ClH/c1-17-5-6-18(2)11(19)9-7-8(12(14,15)16)3-4-10(9)13;/h3-4,7,17H,5-6H2,1-2H3;1H. The van der Waals surface area contributed by atoms with Gasteiger partial charge in [-0.3, -0.25) is 4.79 Å². The minimum atomic E-state index is -4.60. The molecule has 0 bridgehead atoms. The van der Waals surface area contributed by atoms with E-state index >= 15 is 0 Å². The van der Waals surface area contributed by atoms with Crippen molar-refractivity contribution in [3.05, 3.63) is 35.1 Å². The van der Waals surface area contributed by atoms with Gasteiger partial charge in [-0.1, -0.05) is 0 Å². The summed E-state index contributed by atoms with van der Waals surface area (Å²) in [7, 11) is 3.07. The molecule has 0 aliphatic carbocycles. The van der Waals surface area contributed by atoms with Crippen LogP contribution in [-0.2, 0) is 6.18 Å². The van der Waals surface area contributed by atoms with Crippen LogP contribution >= 0.6 is 12.4 Å². The zero-order valence-corrected chi connectivity index (χ0v) is 11.7. The smallest absolute Gasteiger partial charge is 0.340 e.